The predicted octanol–water partition coefficient (Wildman–Crippen LogP) is 2.95. The molecular weight excluding hydrogens is 415 g/mol. The summed E-state index contributed by atoms with van der Waals surface area (Å²) in [5.74, 6) is 1.64. The summed E-state index contributed by atoms with van der Waals surface area (Å²) in [6, 6.07) is 0.514. The number of piperidine rings is 1. The molecule has 0 radical (unpaired) electrons. The lowest BCUT2D eigenvalue weighted by Crippen LogP contribution is -2.51. The fourth-order valence-corrected chi connectivity index (χ4v) is 3.10. The zero-order valence-corrected chi connectivity index (χ0v) is 19.0. The molecular formula is C18H39IN4O. The van der Waals surface area contributed by atoms with E-state index in [0.717, 1.165) is 18.4 Å². The molecule has 2 N–H and O–H groups in total. The van der Waals surface area contributed by atoms with Gasteiger partial charge in [0, 0.05) is 46.4 Å². The van der Waals surface area contributed by atoms with Gasteiger partial charge in [-0.25, -0.2) is 0 Å². The van der Waals surface area contributed by atoms with Crippen LogP contribution in [0, 0.1) is 11.3 Å². The third-order valence-electron chi connectivity index (χ3n) is 4.48. The Morgan fingerprint density at radius 1 is 1.25 bits per heavy atom. The summed E-state index contributed by atoms with van der Waals surface area (Å²) in [7, 11) is 3.61. The van der Waals surface area contributed by atoms with E-state index >= 15 is 0 Å². The fraction of sp³-hybridized carbons (Fsp3) is 0.944. The highest BCUT2D eigenvalue weighted by Crippen LogP contribution is 2.21. The first-order valence-electron chi connectivity index (χ1n) is 8.98. The monoisotopic (exact) mass is 454 g/mol. The van der Waals surface area contributed by atoms with Crippen molar-refractivity contribution in [3.63, 3.8) is 0 Å². The van der Waals surface area contributed by atoms with Crippen LogP contribution in [0.2, 0.25) is 0 Å². The second-order valence-corrected chi connectivity index (χ2v) is 8.16. The Morgan fingerprint density at radius 3 is 2.25 bits per heavy atom. The van der Waals surface area contributed by atoms with E-state index in [9.17, 15) is 0 Å². The van der Waals surface area contributed by atoms with E-state index < -0.39 is 0 Å². The molecule has 5 nitrogen and oxygen atoms in total. The third-order valence-corrected chi connectivity index (χ3v) is 4.48. The first-order chi connectivity index (χ1) is 10.8. The van der Waals surface area contributed by atoms with Crippen molar-refractivity contribution in [3.8, 4) is 0 Å². The van der Waals surface area contributed by atoms with Crippen molar-refractivity contribution in [2.24, 2.45) is 16.3 Å². The van der Waals surface area contributed by atoms with E-state index in [1.807, 2.05) is 7.05 Å². The molecule has 144 valence electrons. The second-order valence-electron chi connectivity index (χ2n) is 8.16. The molecule has 1 heterocycles. The molecule has 0 spiro atoms. The van der Waals surface area contributed by atoms with Crippen LogP contribution in [0.15, 0.2) is 4.99 Å². The number of hydrogen-bond acceptors (Lipinski definition) is 3. The topological polar surface area (TPSA) is 48.9 Å². The molecule has 1 aliphatic heterocycles. The minimum Gasteiger partial charge on any atom is -0.379 e. The van der Waals surface area contributed by atoms with Crippen LogP contribution in [0.5, 0.6) is 0 Å². The van der Waals surface area contributed by atoms with Gasteiger partial charge in [0.2, 0.25) is 0 Å². The summed E-state index contributed by atoms with van der Waals surface area (Å²) in [5, 5.41) is 6.99. The number of aliphatic imine (C=N–C) groups is 1. The van der Waals surface area contributed by atoms with E-state index in [1.165, 1.54) is 32.5 Å². The van der Waals surface area contributed by atoms with Gasteiger partial charge in [0.15, 0.2) is 5.96 Å². The number of rotatable bonds is 6. The van der Waals surface area contributed by atoms with Crippen LogP contribution in [0.4, 0.5) is 0 Å². The molecule has 0 aliphatic carbocycles. The number of likely N-dealkylation sites (tertiary alicyclic amines) is 1. The Kier molecular flexibility index (Phi) is 11.5. The maximum atomic E-state index is 5.60. The Labute approximate surface area is 166 Å². The fourth-order valence-electron chi connectivity index (χ4n) is 3.10. The summed E-state index contributed by atoms with van der Waals surface area (Å²) in [6.45, 7) is 15.5. The summed E-state index contributed by atoms with van der Waals surface area (Å²) < 4.78 is 5.60. The van der Waals surface area contributed by atoms with Gasteiger partial charge in [0.05, 0.1) is 6.10 Å². The number of methoxy groups -OCH3 is 1. The highest BCUT2D eigenvalue weighted by molar-refractivity contribution is 14.0. The zero-order valence-electron chi connectivity index (χ0n) is 16.7. The smallest absolute Gasteiger partial charge is 0.191 e. The average Bonchev–Trinajstić information content (AvgIpc) is 2.46. The van der Waals surface area contributed by atoms with E-state index in [1.54, 1.807) is 7.11 Å². The number of halogens is 1. The quantitative estimate of drug-likeness (QED) is 0.368. The van der Waals surface area contributed by atoms with Crippen LogP contribution >= 0.6 is 24.0 Å². The summed E-state index contributed by atoms with van der Waals surface area (Å²) >= 11 is 0. The van der Waals surface area contributed by atoms with Crippen molar-refractivity contribution in [2.75, 3.05) is 40.3 Å². The average molecular weight is 454 g/mol. The van der Waals surface area contributed by atoms with E-state index in [2.05, 4.69) is 55.1 Å². The minimum absolute atomic E-state index is 0. The molecule has 1 saturated heterocycles. The van der Waals surface area contributed by atoms with E-state index in [0.29, 0.717) is 6.04 Å². The number of nitrogens with one attached hydrogen (secondary N) is 2. The van der Waals surface area contributed by atoms with Crippen LogP contribution in [0.1, 0.15) is 47.5 Å². The number of nitrogens with zero attached hydrogens (tertiary/aromatic N) is 2. The molecule has 1 rings (SSSR count). The highest BCUT2D eigenvalue weighted by Gasteiger charge is 2.25. The zero-order chi connectivity index (χ0) is 17.5. The standard InChI is InChI=1S/C18H38N4O.HI/c1-14(2)13-22-10-8-15(9-11-22)21-17(19-6)20-12-16(23-7)18(3,4)5;/h14-16H,8-13H2,1-7H3,(H2,19,20,21);1H. The van der Waals surface area contributed by atoms with Gasteiger partial charge in [-0.2, -0.15) is 0 Å². The lowest BCUT2D eigenvalue weighted by atomic mass is 9.89. The number of ether oxygens (including phenoxy) is 1. The third kappa shape index (κ3) is 8.85. The Balaban J connectivity index is 0.00000529. The largest absolute Gasteiger partial charge is 0.379 e. The molecule has 1 fully saturated rings. The van der Waals surface area contributed by atoms with Crippen LogP contribution in [-0.4, -0.2) is 63.3 Å². The summed E-state index contributed by atoms with van der Waals surface area (Å²) in [4.78, 5) is 6.93. The maximum Gasteiger partial charge on any atom is 0.191 e. The van der Waals surface area contributed by atoms with Crippen LogP contribution in [-0.2, 0) is 4.74 Å². The highest BCUT2D eigenvalue weighted by atomic mass is 127. The molecule has 1 atom stereocenters. The molecule has 6 heteroatoms. The molecule has 24 heavy (non-hydrogen) atoms. The van der Waals surface area contributed by atoms with Crippen LogP contribution in [0.25, 0.3) is 0 Å². The van der Waals surface area contributed by atoms with Crippen LogP contribution in [0.3, 0.4) is 0 Å². The molecule has 1 aliphatic rings. The minimum atomic E-state index is 0. The van der Waals surface area contributed by atoms with Gasteiger partial charge in [-0.1, -0.05) is 34.6 Å². The normalized spacial score (nSPS) is 19.1. The van der Waals surface area contributed by atoms with Crippen molar-refractivity contribution in [1.82, 2.24) is 15.5 Å². The van der Waals surface area contributed by atoms with Crippen LogP contribution < -0.4 is 10.6 Å². The van der Waals surface area contributed by atoms with Crippen molar-refractivity contribution in [1.29, 1.82) is 0 Å². The van der Waals surface area contributed by atoms with Gasteiger partial charge in [-0.15, -0.1) is 24.0 Å². The maximum absolute atomic E-state index is 5.60. The van der Waals surface area contributed by atoms with Crippen molar-refractivity contribution >= 4 is 29.9 Å². The van der Waals surface area contributed by atoms with Gasteiger partial charge in [-0.05, 0) is 24.2 Å². The van der Waals surface area contributed by atoms with E-state index in [4.69, 9.17) is 4.74 Å². The van der Waals surface area contributed by atoms with Gasteiger partial charge in [-0.3, -0.25) is 4.99 Å². The Bertz CT molecular complexity index is 361. The first-order valence-corrected chi connectivity index (χ1v) is 8.98. The van der Waals surface area contributed by atoms with Crippen molar-refractivity contribution in [2.45, 2.75) is 59.6 Å². The number of hydrogen-bond donors (Lipinski definition) is 2. The molecule has 0 amide bonds. The van der Waals surface area contributed by atoms with Gasteiger partial charge >= 0.3 is 0 Å². The van der Waals surface area contributed by atoms with E-state index in [-0.39, 0.29) is 35.5 Å². The second kappa shape index (κ2) is 11.5. The molecule has 0 bridgehead atoms. The van der Waals surface area contributed by atoms with Gasteiger partial charge in [0.1, 0.15) is 0 Å². The Hall–Kier alpha value is -0.0800. The molecule has 0 aromatic carbocycles. The van der Waals surface area contributed by atoms with Crippen molar-refractivity contribution in [3.05, 3.63) is 0 Å². The summed E-state index contributed by atoms with van der Waals surface area (Å²) in [6.07, 6.45) is 2.52. The lowest BCUT2D eigenvalue weighted by molar-refractivity contribution is 0.0204. The lowest BCUT2D eigenvalue weighted by Gasteiger charge is -2.34. The molecule has 1 unspecified atom stereocenters. The SMILES string of the molecule is CN=C(NCC(OC)C(C)(C)C)NC1CCN(CC(C)C)CC1.I. The molecule has 0 aromatic heterocycles. The number of guanidine groups is 1. The molecule has 0 saturated carbocycles. The Morgan fingerprint density at radius 2 is 1.83 bits per heavy atom. The van der Waals surface area contributed by atoms with Crippen molar-refractivity contribution < 1.29 is 4.74 Å². The summed E-state index contributed by atoms with van der Waals surface area (Å²) in [5.41, 5.74) is 0.114. The first kappa shape index (κ1) is 23.9. The van der Waals surface area contributed by atoms with Gasteiger partial charge < -0.3 is 20.3 Å². The molecule has 0 aromatic rings. The van der Waals surface area contributed by atoms with Gasteiger partial charge in [0.25, 0.3) is 0 Å². The predicted molar refractivity (Wildman–Crippen MR) is 114 cm³/mol.